The number of fused-ring (bicyclic) bond motifs is 4. The number of hydrogen-bond donors (Lipinski definition) is 2. The fourth-order valence-corrected chi connectivity index (χ4v) is 6.35. The Bertz CT molecular complexity index is 1530. The maximum absolute atomic E-state index is 15.2. The smallest absolute Gasteiger partial charge is 0.401 e. The molecule has 216 valence electrons. The number of aromatic amines is 1. The molecule has 2 N–H and O–H groups in total. The summed E-state index contributed by atoms with van der Waals surface area (Å²) in [4.78, 5) is 34.9. The van der Waals surface area contributed by atoms with Crippen molar-refractivity contribution < 1.29 is 27.1 Å². The molecule has 3 aliphatic heterocycles. The number of H-pyrrole nitrogens is 1. The summed E-state index contributed by atoms with van der Waals surface area (Å²) in [6.07, 6.45) is 0.968. The van der Waals surface area contributed by atoms with Gasteiger partial charge in [-0.15, -0.1) is 0 Å². The molecule has 1 aromatic carbocycles. The highest BCUT2D eigenvalue weighted by Gasteiger charge is 2.43. The van der Waals surface area contributed by atoms with Crippen molar-refractivity contribution in [2.24, 2.45) is 0 Å². The fraction of sp³-hybridized carbons (Fsp3) is 0.393. The first-order valence-electron chi connectivity index (χ1n) is 13.3. The van der Waals surface area contributed by atoms with Gasteiger partial charge in [0, 0.05) is 54.8 Å². The van der Waals surface area contributed by atoms with Gasteiger partial charge in [0.1, 0.15) is 11.9 Å². The second kappa shape index (κ2) is 10.6. The average molecular weight is 592 g/mol. The molecule has 2 aromatic heterocycles. The highest BCUT2D eigenvalue weighted by molar-refractivity contribution is 6.33. The number of pyridine rings is 2. The number of halogens is 5. The maximum Gasteiger partial charge on any atom is 0.401 e. The number of ether oxygens (including phenoxy) is 1. The number of likely N-dealkylation sites (tertiary alicyclic amines) is 1. The van der Waals surface area contributed by atoms with Gasteiger partial charge < -0.3 is 19.9 Å². The number of urea groups is 1. The number of aromatic nitrogens is 2. The summed E-state index contributed by atoms with van der Waals surface area (Å²) in [6, 6.07) is 6.59. The van der Waals surface area contributed by atoms with Crippen LogP contribution in [0, 0.1) is 5.82 Å². The summed E-state index contributed by atoms with van der Waals surface area (Å²) in [5.74, 6) is -0.433. The zero-order valence-corrected chi connectivity index (χ0v) is 22.4. The number of nitrogens with one attached hydrogen (secondary N) is 2. The SMILES string of the molecule is O=C(Nc1cc(Cl)c(-c2ccc(O[C@@H]3CCN(CC(F)(F)F)C3)nc2)cc1F)N1C2CCC1c1c[nH]c(=O)cc1C2. The highest BCUT2D eigenvalue weighted by Crippen LogP contribution is 2.43. The number of carbonyl (C=O) groups excluding carboxylic acids is 1. The molecule has 3 aliphatic rings. The van der Waals surface area contributed by atoms with Crippen LogP contribution in [-0.4, -0.2) is 63.8 Å². The molecule has 3 atom stereocenters. The topological polar surface area (TPSA) is 90.6 Å². The van der Waals surface area contributed by atoms with E-state index in [9.17, 15) is 22.8 Å². The number of carbonyl (C=O) groups is 1. The summed E-state index contributed by atoms with van der Waals surface area (Å²) in [5, 5.41) is 2.85. The molecule has 0 saturated carbocycles. The van der Waals surface area contributed by atoms with Crippen molar-refractivity contribution >= 4 is 23.3 Å². The lowest BCUT2D eigenvalue weighted by Crippen LogP contribution is -2.44. The van der Waals surface area contributed by atoms with E-state index in [-0.39, 0.29) is 47.3 Å². The van der Waals surface area contributed by atoms with Gasteiger partial charge in [-0.25, -0.2) is 14.2 Å². The summed E-state index contributed by atoms with van der Waals surface area (Å²) in [6.45, 7) is -0.541. The monoisotopic (exact) mass is 591 g/mol. The molecule has 3 aromatic rings. The molecule has 2 fully saturated rings. The molecule has 0 radical (unpaired) electrons. The Morgan fingerprint density at radius 1 is 1.20 bits per heavy atom. The average Bonchev–Trinajstić information content (AvgIpc) is 3.47. The summed E-state index contributed by atoms with van der Waals surface area (Å²) < 4.78 is 58.8. The molecule has 2 unspecified atom stereocenters. The van der Waals surface area contributed by atoms with Gasteiger partial charge in [0.15, 0.2) is 0 Å². The molecular weight excluding hydrogens is 566 g/mol. The Morgan fingerprint density at radius 2 is 2.02 bits per heavy atom. The fourth-order valence-electron chi connectivity index (χ4n) is 6.08. The molecule has 6 rings (SSSR count). The van der Waals surface area contributed by atoms with Crippen LogP contribution in [0.5, 0.6) is 5.88 Å². The first kappa shape index (κ1) is 27.5. The molecule has 2 bridgehead atoms. The predicted octanol–water partition coefficient (Wildman–Crippen LogP) is 5.54. The lowest BCUT2D eigenvalue weighted by molar-refractivity contribution is -0.144. The van der Waals surface area contributed by atoms with Crippen molar-refractivity contribution in [3.05, 3.63) is 75.0 Å². The molecule has 2 saturated heterocycles. The second-order valence-corrected chi connectivity index (χ2v) is 11.0. The summed E-state index contributed by atoms with van der Waals surface area (Å²) >= 11 is 6.48. The third-order valence-electron chi connectivity index (χ3n) is 7.86. The number of nitrogens with zero attached hydrogens (tertiary/aromatic N) is 3. The van der Waals surface area contributed by atoms with Gasteiger partial charge in [-0.1, -0.05) is 11.6 Å². The van der Waals surface area contributed by atoms with E-state index >= 15 is 4.39 Å². The van der Waals surface area contributed by atoms with Crippen molar-refractivity contribution in [1.82, 2.24) is 19.8 Å². The van der Waals surface area contributed by atoms with Crippen LogP contribution in [0.1, 0.15) is 36.4 Å². The van der Waals surface area contributed by atoms with Crippen molar-refractivity contribution in [1.29, 1.82) is 0 Å². The molecule has 2 amide bonds. The van der Waals surface area contributed by atoms with Crippen LogP contribution in [0.15, 0.2) is 47.5 Å². The van der Waals surface area contributed by atoms with E-state index < -0.39 is 30.7 Å². The number of hydrogen-bond acceptors (Lipinski definition) is 5. The predicted molar refractivity (Wildman–Crippen MR) is 144 cm³/mol. The number of amides is 2. The maximum atomic E-state index is 15.2. The van der Waals surface area contributed by atoms with Crippen molar-refractivity contribution in [3.8, 4) is 17.0 Å². The van der Waals surface area contributed by atoms with Gasteiger partial charge in [0.05, 0.1) is 23.3 Å². The summed E-state index contributed by atoms with van der Waals surface area (Å²) in [7, 11) is 0. The van der Waals surface area contributed by atoms with Crippen molar-refractivity contribution in [2.45, 2.75) is 50.0 Å². The Balaban J connectivity index is 1.12. The molecule has 0 spiro atoms. The van der Waals surface area contributed by atoms with Crippen LogP contribution in [0.25, 0.3) is 11.1 Å². The number of rotatable bonds is 5. The standard InChI is InChI=1S/C28H26ClF4N5O3/c29-21-10-23(36-27(40)38-17-2-3-24(38)20-12-34-25(39)8-16(20)7-17)22(30)9-19(21)15-1-4-26(35-11-15)41-18-5-6-37(13-18)14-28(31,32)33/h1,4,8-12,17-18,24H,2-3,5-7,13-14H2,(H,34,39)(H,36,40)/t17?,18-,24?/m1/s1. The van der Waals surface area contributed by atoms with Crippen LogP contribution >= 0.6 is 11.6 Å². The van der Waals surface area contributed by atoms with Gasteiger partial charge in [-0.3, -0.25) is 9.69 Å². The normalized spacial score (nSPS) is 22.1. The summed E-state index contributed by atoms with van der Waals surface area (Å²) in [5.41, 5.74) is 2.45. The molecule has 13 heteroatoms. The van der Waals surface area contributed by atoms with Gasteiger partial charge in [0.25, 0.3) is 0 Å². The van der Waals surface area contributed by atoms with Crippen LogP contribution < -0.4 is 15.6 Å². The third kappa shape index (κ3) is 5.76. The molecule has 8 nitrogen and oxygen atoms in total. The Kier molecular flexibility index (Phi) is 7.14. The van der Waals surface area contributed by atoms with Crippen LogP contribution in [0.2, 0.25) is 5.02 Å². The van der Waals surface area contributed by atoms with Crippen molar-refractivity contribution in [2.75, 3.05) is 25.0 Å². The molecule has 0 aliphatic carbocycles. The Morgan fingerprint density at radius 3 is 2.78 bits per heavy atom. The van der Waals surface area contributed by atoms with E-state index in [1.807, 2.05) is 0 Å². The van der Waals surface area contributed by atoms with Gasteiger partial charge in [0.2, 0.25) is 11.4 Å². The molecule has 41 heavy (non-hydrogen) atoms. The zero-order valence-electron chi connectivity index (χ0n) is 21.7. The largest absolute Gasteiger partial charge is 0.473 e. The first-order valence-corrected chi connectivity index (χ1v) is 13.6. The van der Waals surface area contributed by atoms with E-state index in [0.29, 0.717) is 24.0 Å². The van der Waals surface area contributed by atoms with E-state index in [2.05, 4.69) is 15.3 Å². The minimum Gasteiger partial charge on any atom is -0.473 e. The van der Waals surface area contributed by atoms with E-state index in [4.69, 9.17) is 16.3 Å². The Hall–Kier alpha value is -3.64. The van der Waals surface area contributed by atoms with Crippen LogP contribution in [0.3, 0.4) is 0 Å². The third-order valence-corrected chi connectivity index (χ3v) is 8.18. The highest BCUT2D eigenvalue weighted by atomic mass is 35.5. The number of anilines is 1. The van der Waals surface area contributed by atoms with Gasteiger partial charge in [-0.05, 0) is 55.0 Å². The lowest BCUT2D eigenvalue weighted by Gasteiger charge is -2.36. The molecular formula is C28H26ClF4N5O3. The van der Waals surface area contributed by atoms with Gasteiger partial charge >= 0.3 is 12.2 Å². The van der Waals surface area contributed by atoms with Crippen LogP contribution in [0.4, 0.5) is 28.0 Å². The van der Waals surface area contributed by atoms with E-state index in [1.165, 1.54) is 23.2 Å². The quantitative estimate of drug-likeness (QED) is 0.380. The lowest BCUT2D eigenvalue weighted by atomic mass is 9.95. The van der Waals surface area contributed by atoms with Crippen LogP contribution in [-0.2, 0) is 6.42 Å². The minimum absolute atomic E-state index is 0.0621. The second-order valence-electron chi connectivity index (χ2n) is 10.6. The van der Waals surface area contributed by atoms with E-state index in [0.717, 1.165) is 24.0 Å². The molecule has 5 heterocycles. The Labute approximate surface area is 237 Å². The number of alkyl halides is 3. The van der Waals surface area contributed by atoms with Crippen molar-refractivity contribution in [3.63, 3.8) is 0 Å². The zero-order chi connectivity index (χ0) is 28.9. The minimum atomic E-state index is -4.26. The van der Waals surface area contributed by atoms with Gasteiger partial charge in [-0.2, -0.15) is 13.2 Å². The first-order chi connectivity index (χ1) is 19.5. The van der Waals surface area contributed by atoms with E-state index in [1.54, 1.807) is 29.3 Å². The number of benzene rings is 1.